The highest BCUT2D eigenvalue weighted by Gasteiger charge is 2.19. The van der Waals surface area contributed by atoms with Crippen molar-refractivity contribution in [2.45, 2.75) is 0 Å². The molecule has 0 aliphatic heterocycles. The summed E-state index contributed by atoms with van der Waals surface area (Å²) in [5.74, 6) is 0. The molecule has 4 heterocycles. The van der Waals surface area contributed by atoms with Crippen molar-refractivity contribution in [3.63, 3.8) is 0 Å². The molecule has 0 saturated heterocycles. The number of hydrogen-bond acceptors (Lipinski definition) is 6. The first-order chi connectivity index (χ1) is 20.8. The Balaban J connectivity index is 1.47. The van der Waals surface area contributed by atoms with Crippen LogP contribution in [0.15, 0.2) is 144 Å². The summed E-state index contributed by atoms with van der Waals surface area (Å²) in [5.41, 5.74) is 9.62. The van der Waals surface area contributed by atoms with Crippen LogP contribution in [0.5, 0.6) is 0 Å². The Morgan fingerprint density at radius 1 is 0.381 bits per heavy atom. The lowest BCUT2D eigenvalue weighted by atomic mass is 9.85. The van der Waals surface area contributed by atoms with E-state index < -0.39 is 0 Å². The normalized spacial score (nSPS) is 11.3. The monoisotopic (exact) mass is 542 g/mol. The average Bonchev–Trinajstić information content (AvgIpc) is 3.80. The van der Waals surface area contributed by atoms with E-state index in [4.69, 9.17) is 8.83 Å². The van der Waals surface area contributed by atoms with Crippen LogP contribution in [0, 0.1) is 0 Å². The largest absolute Gasteiger partial charge is 0.451 e. The number of hydrogen-bond donors (Lipinski definition) is 0. The van der Waals surface area contributed by atoms with Gasteiger partial charge >= 0.3 is 0 Å². The zero-order valence-electron chi connectivity index (χ0n) is 22.3. The molecule has 8 rings (SSSR count). The lowest BCUT2D eigenvalue weighted by Gasteiger charge is -2.19. The fourth-order valence-corrected chi connectivity index (χ4v) is 5.74. The summed E-state index contributed by atoms with van der Waals surface area (Å²) < 4.78 is 10.5. The maximum absolute atomic E-state index is 5.25. The van der Waals surface area contributed by atoms with E-state index in [1.54, 1.807) is 12.5 Å². The quantitative estimate of drug-likeness (QED) is 0.202. The molecule has 0 saturated carbocycles. The van der Waals surface area contributed by atoms with Gasteiger partial charge in [0.15, 0.2) is 12.8 Å². The maximum atomic E-state index is 5.25. The van der Waals surface area contributed by atoms with Gasteiger partial charge in [0.1, 0.15) is 23.9 Å². The van der Waals surface area contributed by atoms with Gasteiger partial charge in [-0.1, -0.05) is 66.7 Å². The second-order valence-electron chi connectivity index (χ2n) is 10.0. The van der Waals surface area contributed by atoms with Gasteiger partial charge in [0.2, 0.25) is 0 Å². The molecule has 0 fully saturated rings. The van der Waals surface area contributed by atoms with Crippen LogP contribution in [0.25, 0.3) is 77.7 Å². The molecule has 0 aliphatic carbocycles. The molecule has 42 heavy (non-hydrogen) atoms. The lowest BCUT2D eigenvalue weighted by molar-refractivity contribution is 0.558. The predicted molar refractivity (Wildman–Crippen MR) is 164 cm³/mol. The Bertz CT molecular complexity index is 2190. The Morgan fingerprint density at radius 3 is 1.50 bits per heavy atom. The van der Waals surface area contributed by atoms with Crippen LogP contribution in [0.2, 0.25) is 0 Å². The van der Waals surface area contributed by atoms with Crippen LogP contribution in [-0.2, 0) is 0 Å². The van der Waals surface area contributed by atoms with Gasteiger partial charge in [-0.3, -0.25) is 9.97 Å². The smallest absolute Gasteiger partial charge is 0.181 e. The van der Waals surface area contributed by atoms with Crippen molar-refractivity contribution in [1.82, 2.24) is 19.9 Å². The standard InChI is InChI=1S/C36H22N4O2/c1-2-6-23(7-3-1)24-10-11-29-30(16-24)36(26-13-15-38-32(18-26)34-20-42-22-40-34)28-9-5-4-8-27(28)35(29)25-12-14-37-31(17-25)33-19-41-21-39-33/h1-22H. The summed E-state index contributed by atoms with van der Waals surface area (Å²) in [4.78, 5) is 17.8. The number of rotatable bonds is 5. The van der Waals surface area contributed by atoms with Crippen LogP contribution in [-0.4, -0.2) is 19.9 Å². The fraction of sp³-hybridized carbons (Fsp3) is 0. The van der Waals surface area contributed by atoms with Gasteiger partial charge in [0, 0.05) is 12.4 Å². The van der Waals surface area contributed by atoms with E-state index in [1.807, 2.05) is 18.5 Å². The van der Waals surface area contributed by atoms with Gasteiger partial charge in [-0.25, -0.2) is 9.97 Å². The third kappa shape index (κ3) is 4.05. The molecule has 4 aromatic carbocycles. The Morgan fingerprint density at radius 2 is 0.929 bits per heavy atom. The second-order valence-corrected chi connectivity index (χ2v) is 10.0. The van der Waals surface area contributed by atoms with E-state index in [1.165, 1.54) is 12.8 Å². The van der Waals surface area contributed by atoms with Crippen molar-refractivity contribution < 1.29 is 8.83 Å². The van der Waals surface area contributed by atoms with Crippen molar-refractivity contribution in [2.24, 2.45) is 0 Å². The minimum atomic E-state index is 0.698. The summed E-state index contributed by atoms with van der Waals surface area (Å²) in [6.45, 7) is 0. The Labute approximate surface area is 241 Å². The average molecular weight is 543 g/mol. The second kappa shape index (κ2) is 9.94. The minimum Gasteiger partial charge on any atom is -0.451 e. The first-order valence-electron chi connectivity index (χ1n) is 13.6. The van der Waals surface area contributed by atoms with Crippen LogP contribution < -0.4 is 0 Å². The minimum absolute atomic E-state index is 0.698. The molecule has 0 radical (unpaired) electrons. The predicted octanol–water partition coefficient (Wildman–Crippen LogP) is 9.09. The summed E-state index contributed by atoms with van der Waals surface area (Å²) in [5, 5.41) is 4.56. The summed E-state index contributed by atoms with van der Waals surface area (Å²) >= 11 is 0. The van der Waals surface area contributed by atoms with E-state index in [2.05, 4.69) is 111 Å². The van der Waals surface area contributed by atoms with Crippen LogP contribution in [0.1, 0.15) is 0 Å². The SMILES string of the molecule is c1ccc(-c2ccc3c(-c4ccnc(-c5cocn5)c4)c4ccccc4c(-c4ccnc(-c5cocn5)c4)c3c2)cc1. The third-order valence-electron chi connectivity index (χ3n) is 7.62. The molecule has 4 aromatic heterocycles. The number of pyridine rings is 2. The zero-order chi connectivity index (χ0) is 27.9. The van der Waals surface area contributed by atoms with E-state index in [0.29, 0.717) is 11.4 Å². The molecule has 0 bridgehead atoms. The Kier molecular flexibility index (Phi) is 5.67. The third-order valence-corrected chi connectivity index (χ3v) is 7.62. The highest BCUT2D eigenvalue weighted by molar-refractivity contribution is 6.22. The molecular weight excluding hydrogens is 520 g/mol. The maximum Gasteiger partial charge on any atom is 0.181 e. The molecule has 0 unspecified atom stereocenters. The van der Waals surface area contributed by atoms with E-state index in [-0.39, 0.29) is 0 Å². The molecule has 0 atom stereocenters. The van der Waals surface area contributed by atoms with Gasteiger partial charge in [-0.2, -0.15) is 0 Å². The summed E-state index contributed by atoms with van der Waals surface area (Å²) in [6, 6.07) is 34.1. The van der Waals surface area contributed by atoms with E-state index in [9.17, 15) is 0 Å². The van der Waals surface area contributed by atoms with Crippen LogP contribution in [0.4, 0.5) is 0 Å². The number of benzene rings is 4. The summed E-state index contributed by atoms with van der Waals surface area (Å²) in [6.07, 6.45) is 9.76. The molecule has 0 amide bonds. The van der Waals surface area contributed by atoms with Crippen molar-refractivity contribution in [1.29, 1.82) is 0 Å². The summed E-state index contributed by atoms with van der Waals surface area (Å²) in [7, 11) is 0. The van der Waals surface area contributed by atoms with Crippen LogP contribution in [0.3, 0.4) is 0 Å². The molecule has 8 aromatic rings. The number of aromatic nitrogens is 4. The zero-order valence-corrected chi connectivity index (χ0v) is 22.3. The van der Waals surface area contributed by atoms with Crippen molar-refractivity contribution in [3.05, 3.63) is 135 Å². The van der Waals surface area contributed by atoms with E-state index in [0.717, 1.165) is 66.3 Å². The molecule has 6 nitrogen and oxygen atoms in total. The first-order valence-corrected chi connectivity index (χ1v) is 13.6. The molecule has 198 valence electrons. The van der Waals surface area contributed by atoms with Crippen molar-refractivity contribution in [3.8, 4) is 56.2 Å². The van der Waals surface area contributed by atoms with Crippen molar-refractivity contribution >= 4 is 21.5 Å². The number of oxazole rings is 2. The van der Waals surface area contributed by atoms with Gasteiger partial charge in [-0.15, -0.1) is 0 Å². The number of nitrogens with zero attached hydrogens (tertiary/aromatic N) is 4. The first kappa shape index (κ1) is 24.0. The van der Waals surface area contributed by atoms with Gasteiger partial charge in [0.05, 0.1) is 11.4 Å². The molecular formula is C36H22N4O2. The number of fused-ring (bicyclic) bond motifs is 2. The molecule has 0 spiro atoms. The molecule has 6 heteroatoms. The van der Waals surface area contributed by atoms with Gasteiger partial charge < -0.3 is 8.83 Å². The molecule has 0 N–H and O–H groups in total. The topological polar surface area (TPSA) is 77.8 Å². The van der Waals surface area contributed by atoms with Gasteiger partial charge in [0.25, 0.3) is 0 Å². The highest BCUT2D eigenvalue weighted by atomic mass is 16.3. The van der Waals surface area contributed by atoms with Crippen LogP contribution >= 0.6 is 0 Å². The van der Waals surface area contributed by atoms with Crippen molar-refractivity contribution in [2.75, 3.05) is 0 Å². The highest BCUT2D eigenvalue weighted by Crippen LogP contribution is 2.45. The Hall–Kier alpha value is -5.88. The van der Waals surface area contributed by atoms with E-state index >= 15 is 0 Å². The molecule has 0 aliphatic rings. The fourth-order valence-electron chi connectivity index (χ4n) is 5.74. The van der Waals surface area contributed by atoms with Gasteiger partial charge in [-0.05, 0) is 85.3 Å². The lowest BCUT2D eigenvalue weighted by Crippen LogP contribution is -1.93.